The molecule has 2 rings (SSSR count). The number of nitrogens with one attached hydrogen (secondary N) is 1. The van der Waals surface area contributed by atoms with Crippen molar-refractivity contribution < 1.29 is 9.50 Å². The third-order valence-electron chi connectivity index (χ3n) is 2.87. The molecule has 0 aliphatic rings. The van der Waals surface area contributed by atoms with E-state index in [1.54, 1.807) is 23.0 Å². The summed E-state index contributed by atoms with van der Waals surface area (Å²) in [5.74, 6) is -0.153. The van der Waals surface area contributed by atoms with Gasteiger partial charge in [-0.3, -0.25) is 4.68 Å². The third-order valence-corrected chi connectivity index (χ3v) is 2.87. The molecule has 0 unspecified atom stereocenters. The average Bonchev–Trinajstić information content (AvgIpc) is 2.85. The van der Waals surface area contributed by atoms with E-state index in [0.717, 1.165) is 11.1 Å². The van der Waals surface area contributed by atoms with Crippen LogP contribution in [0.15, 0.2) is 36.7 Å². The van der Waals surface area contributed by atoms with Crippen molar-refractivity contribution in [3.05, 3.63) is 53.6 Å². The van der Waals surface area contributed by atoms with Gasteiger partial charge in [-0.05, 0) is 24.6 Å². The molecule has 2 N–H and O–H groups in total. The number of halogens is 1. The SMILES string of the molecule is OCCn1cc(CNCCc2ccccc2F)cn1. The molecule has 4 nitrogen and oxygen atoms in total. The summed E-state index contributed by atoms with van der Waals surface area (Å²) in [5.41, 5.74) is 1.79. The van der Waals surface area contributed by atoms with Crippen LogP contribution in [-0.4, -0.2) is 28.0 Å². The molecule has 0 fully saturated rings. The van der Waals surface area contributed by atoms with Gasteiger partial charge in [-0.15, -0.1) is 0 Å². The summed E-state index contributed by atoms with van der Waals surface area (Å²) in [6.07, 6.45) is 4.33. The fourth-order valence-electron chi connectivity index (χ4n) is 1.88. The summed E-state index contributed by atoms with van der Waals surface area (Å²) < 4.78 is 15.1. The molecule has 0 atom stereocenters. The zero-order valence-electron chi connectivity index (χ0n) is 10.7. The Kier molecular flexibility index (Phi) is 5.06. The summed E-state index contributed by atoms with van der Waals surface area (Å²) in [7, 11) is 0. The van der Waals surface area contributed by atoms with Crippen LogP contribution in [0.1, 0.15) is 11.1 Å². The Morgan fingerprint density at radius 3 is 2.95 bits per heavy atom. The fraction of sp³-hybridized carbons (Fsp3) is 0.357. The summed E-state index contributed by atoms with van der Waals surface area (Å²) >= 11 is 0. The summed E-state index contributed by atoms with van der Waals surface area (Å²) in [6, 6.07) is 6.82. The second kappa shape index (κ2) is 7.01. The van der Waals surface area contributed by atoms with Gasteiger partial charge in [-0.1, -0.05) is 18.2 Å². The fourth-order valence-corrected chi connectivity index (χ4v) is 1.88. The quantitative estimate of drug-likeness (QED) is 0.741. The zero-order chi connectivity index (χ0) is 13.5. The monoisotopic (exact) mass is 263 g/mol. The lowest BCUT2D eigenvalue weighted by molar-refractivity contribution is 0.269. The van der Waals surface area contributed by atoms with Gasteiger partial charge in [0, 0.05) is 18.3 Å². The Bertz CT molecular complexity index is 513. The van der Waals surface area contributed by atoms with Gasteiger partial charge in [-0.25, -0.2) is 4.39 Å². The van der Waals surface area contributed by atoms with Gasteiger partial charge in [0.2, 0.25) is 0 Å². The minimum Gasteiger partial charge on any atom is -0.394 e. The van der Waals surface area contributed by atoms with Crippen LogP contribution in [0.4, 0.5) is 4.39 Å². The molecule has 0 saturated carbocycles. The zero-order valence-corrected chi connectivity index (χ0v) is 10.7. The van der Waals surface area contributed by atoms with Gasteiger partial charge in [-0.2, -0.15) is 5.10 Å². The lowest BCUT2D eigenvalue weighted by Crippen LogP contribution is -2.16. The maximum atomic E-state index is 13.4. The lowest BCUT2D eigenvalue weighted by Gasteiger charge is -2.04. The Morgan fingerprint density at radius 2 is 2.16 bits per heavy atom. The normalized spacial score (nSPS) is 10.8. The molecule has 0 bridgehead atoms. The molecule has 19 heavy (non-hydrogen) atoms. The van der Waals surface area contributed by atoms with Crippen molar-refractivity contribution in [2.45, 2.75) is 19.5 Å². The molecule has 0 radical (unpaired) electrons. The first-order valence-electron chi connectivity index (χ1n) is 6.36. The number of aromatic nitrogens is 2. The van der Waals surface area contributed by atoms with Crippen molar-refractivity contribution in [1.29, 1.82) is 0 Å². The van der Waals surface area contributed by atoms with E-state index in [4.69, 9.17) is 5.11 Å². The van der Waals surface area contributed by atoms with Gasteiger partial charge in [0.15, 0.2) is 0 Å². The van der Waals surface area contributed by atoms with Gasteiger partial charge < -0.3 is 10.4 Å². The van der Waals surface area contributed by atoms with Gasteiger partial charge >= 0.3 is 0 Å². The van der Waals surface area contributed by atoms with Crippen molar-refractivity contribution in [3.8, 4) is 0 Å². The molecule has 102 valence electrons. The topological polar surface area (TPSA) is 50.1 Å². The highest BCUT2D eigenvalue weighted by atomic mass is 19.1. The highest BCUT2D eigenvalue weighted by molar-refractivity contribution is 5.17. The number of hydrogen-bond donors (Lipinski definition) is 2. The highest BCUT2D eigenvalue weighted by Crippen LogP contribution is 2.06. The van der Waals surface area contributed by atoms with Crippen LogP contribution < -0.4 is 5.32 Å². The number of hydrogen-bond acceptors (Lipinski definition) is 3. The van der Waals surface area contributed by atoms with E-state index < -0.39 is 0 Å². The molecule has 2 aromatic rings. The molecule has 0 spiro atoms. The van der Waals surface area contributed by atoms with E-state index in [9.17, 15) is 4.39 Å². The highest BCUT2D eigenvalue weighted by Gasteiger charge is 2.01. The smallest absolute Gasteiger partial charge is 0.126 e. The molecule has 1 aromatic carbocycles. The van der Waals surface area contributed by atoms with E-state index >= 15 is 0 Å². The molecule has 5 heteroatoms. The van der Waals surface area contributed by atoms with Crippen LogP contribution in [0, 0.1) is 5.82 Å². The number of rotatable bonds is 7. The molecule has 1 heterocycles. The first-order valence-corrected chi connectivity index (χ1v) is 6.36. The van der Waals surface area contributed by atoms with Gasteiger partial charge in [0.25, 0.3) is 0 Å². The first kappa shape index (κ1) is 13.7. The lowest BCUT2D eigenvalue weighted by atomic mass is 10.1. The predicted molar refractivity (Wildman–Crippen MR) is 71.1 cm³/mol. The average molecular weight is 263 g/mol. The van der Waals surface area contributed by atoms with Gasteiger partial charge in [0.1, 0.15) is 5.82 Å². The molecule has 0 aliphatic carbocycles. The minimum atomic E-state index is -0.153. The van der Waals surface area contributed by atoms with Crippen molar-refractivity contribution in [2.24, 2.45) is 0 Å². The third kappa shape index (κ3) is 4.15. The Hall–Kier alpha value is -1.72. The summed E-state index contributed by atoms with van der Waals surface area (Å²) in [4.78, 5) is 0. The molecular formula is C14H18FN3O. The molecule has 0 aliphatic heterocycles. The summed E-state index contributed by atoms with van der Waals surface area (Å²) in [6.45, 7) is 2.00. The maximum absolute atomic E-state index is 13.4. The van der Waals surface area contributed by atoms with E-state index in [0.29, 0.717) is 26.1 Å². The summed E-state index contributed by atoms with van der Waals surface area (Å²) in [5, 5.41) is 16.1. The standard InChI is InChI=1S/C14H18FN3O/c15-14-4-2-1-3-13(14)5-6-16-9-12-10-17-18(11-12)7-8-19/h1-4,10-11,16,19H,5-9H2. The molecular weight excluding hydrogens is 245 g/mol. The second-order valence-corrected chi connectivity index (χ2v) is 4.35. The molecule has 0 saturated heterocycles. The minimum absolute atomic E-state index is 0.0852. The van der Waals surface area contributed by atoms with E-state index in [1.807, 2.05) is 12.3 Å². The van der Waals surface area contributed by atoms with E-state index in [1.165, 1.54) is 6.07 Å². The Labute approximate surface area is 111 Å². The van der Waals surface area contributed by atoms with E-state index in [2.05, 4.69) is 10.4 Å². The number of aliphatic hydroxyl groups is 1. The molecule has 0 amide bonds. The maximum Gasteiger partial charge on any atom is 0.126 e. The van der Waals surface area contributed by atoms with Crippen LogP contribution in [0.25, 0.3) is 0 Å². The number of benzene rings is 1. The van der Waals surface area contributed by atoms with Crippen molar-refractivity contribution in [1.82, 2.24) is 15.1 Å². The van der Waals surface area contributed by atoms with Gasteiger partial charge in [0.05, 0.1) is 19.3 Å². The van der Waals surface area contributed by atoms with Crippen LogP contribution in [0.2, 0.25) is 0 Å². The number of nitrogens with zero attached hydrogens (tertiary/aromatic N) is 2. The first-order chi connectivity index (χ1) is 9.29. The largest absolute Gasteiger partial charge is 0.394 e. The van der Waals surface area contributed by atoms with Crippen molar-refractivity contribution in [2.75, 3.05) is 13.2 Å². The predicted octanol–water partition coefficient (Wildman–Crippen LogP) is 1.35. The van der Waals surface area contributed by atoms with Crippen LogP contribution in [0.3, 0.4) is 0 Å². The molecule has 1 aromatic heterocycles. The second-order valence-electron chi connectivity index (χ2n) is 4.35. The Balaban J connectivity index is 1.73. The van der Waals surface area contributed by atoms with Crippen molar-refractivity contribution in [3.63, 3.8) is 0 Å². The van der Waals surface area contributed by atoms with E-state index in [-0.39, 0.29) is 12.4 Å². The van der Waals surface area contributed by atoms with Crippen LogP contribution in [0.5, 0.6) is 0 Å². The van der Waals surface area contributed by atoms with Crippen LogP contribution in [-0.2, 0) is 19.5 Å². The number of aliphatic hydroxyl groups excluding tert-OH is 1. The Morgan fingerprint density at radius 1 is 1.32 bits per heavy atom. The van der Waals surface area contributed by atoms with Crippen LogP contribution >= 0.6 is 0 Å². The van der Waals surface area contributed by atoms with Crippen molar-refractivity contribution >= 4 is 0 Å².